The van der Waals surface area contributed by atoms with Crippen LogP contribution < -0.4 is 5.73 Å². The van der Waals surface area contributed by atoms with Crippen LogP contribution in [-0.2, 0) is 0 Å². The highest BCUT2D eigenvalue weighted by atomic mass is 15.5. The summed E-state index contributed by atoms with van der Waals surface area (Å²) in [6.45, 7) is 2.07. The number of anilines is 1. The minimum absolute atomic E-state index is 0.501. The second kappa shape index (κ2) is 3.33. The summed E-state index contributed by atoms with van der Waals surface area (Å²) in [7, 11) is 0. The predicted molar refractivity (Wildman–Crippen MR) is 62.9 cm³/mol. The van der Waals surface area contributed by atoms with Crippen molar-refractivity contribution < 1.29 is 0 Å². The zero-order valence-corrected chi connectivity index (χ0v) is 9.22. The average Bonchev–Trinajstić information content (AvgIpc) is 3.05. The van der Waals surface area contributed by atoms with Crippen molar-refractivity contribution in [2.45, 2.75) is 25.8 Å². The Morgan fingerprint density at radius 3 is 2.56 bits per heavy atom. The van der Waals surface area contributed by atoms with Crippen molar-refractivity contribution in [2.75, 3.05) is 5.73 Å². The molecular weight excluding hydrogens is 200 g/mol. The molecule has 2 N–H and O–H groups in total. The molecular formula is C12H14N4. The fourth-order valence-corrected chi connectivity index (χ4v) is 1.87. The van der Waals surface area contributed by atoms with Crippen LogP contribution in [0.5, 0.6) is 0 Å². The van der Waals surface area contributed by atoms with E-state index in [0.29, 0.717) is 11.9 Å². The average molecular weight is 214 g/mol. The van der Waals surface area contributed by atoms with E-state index in [2.05, 4.69) is 41.5 Å². The fourth-order valence-electron chi connectivity index (χ4n) is 1.87. The topological polar surface area (TPSA) is 56.7 Å². The van der Waals surface area contributed by atoms with E-state index in [1.165, 1.54) is 18.4 Å². The number of hydrogen-bond donors (Lipinski definition) is 1. The maximum Gasteiger partial charge on any atom is 0.174 e. The molecule has 2 aromatic rings. The van der Waals surface area contributed by atoms with Gasteiger partial charge in [0.15, 0.2) is 5.82 Å². The lowest BCUT2D eigenvalue weighted by Crippen LogP contribution is -2.00. The number of nitrogen functional groups attached to an aromatic ring is 1. The van der Waals surface area contributed by atoms with E-state index in [9.17, 15) is 0 Å². The molecule has 16 heavy (non-hydrogen) atoms. The SMILES string of the molecule is Cc1ccc(-c2c(N)nnn2C2CC2)cc1. The number of nitrogens with zero attached hydrogens (tertiary/aromatic N) is 3. The highest BCUT2D eigenvalue weighted by molar-refractivity contribution is 5.70. The summed E-state index contributed by atoms with van der Waals surface area (Å²) < 4.78 is 1.96. The van der Waals surface area contributed by atoms with E-state index in [1.807, 2.05) is 4.68 Å². The molecule has 1 aliphatic rings. The first-order valence-electron chi connectivity index (χ1n) is 5.53. The van der Waals surface area contributed by atoms with Crippen LogP contribution in [0.1, 0.15) is 24.4 Å². The molecule has 4 heteroatoms. The molecule has 0 radical (unpaired) electrons. The summed E-state index contributed by atoms with van der Waals surface area (Å²) in [6, 6.07) is 8.81. The van der Waals surface area contributed by atoms with E-state index in [4.69, 9.17) is 5.73 Å². The Morgan fingerprint density at radius 2 is 1.94 bits per heavy atom. The van der Waals surface area contributed by atoms with Crippen LogP contribution in [0.15, 0.2) is 24.3 Å². The monoisotopic (exact) mass is 214 g/mol. The normalized spacial score (nSPS) is 15.3. The number of aromatic nitrogens is 3. The van der Waals surface area contributed by atoms with Crippen molar-refractivity contribution in [2.24, 2.45) is 0 Å². The van der Waals surface area contributed by atoms with Gasteiger partial charge in [-0.05, 0) is 19.8 Å². The Balaban J connectivity index is 2.10. The first kappa shape index (κ1) is 9.39. The quantitative estimate of drug-likeness (QED) is 0.833. The minimum Gasteiger partial charge on any atom is -0.380 e. The Morgan fingerprint density at radius 1 is 1.25 bits per heavy atom. The van der Waals surface area contributed by atoms with E-state index >= 15 is 0 Å². The molecule has 0 bridgehead atoms. The third-order valence-electron chi connectivity index (χ3n) is 2.94. The molecule has 1 heterocycles. The molecule has 0 atom stereocenters. The van der Waals surface area contributed by atoms with Gasteiger partial charge in [-0.25, -0.2) is 4.68 Å². The van der Waals surface area contributed by atoms with Gasteiger partial charge < -0.3 is 5.73 Å². The van der Waals surface area contributed by atoms with Gasteiger partial charge >= 0.3 is 0 Å². The lowest BCUT2D eigenvalue weighted by Gasteiger charge is -2.05. The molecule has 82 valence electrons. The molecule has 0 amide bonds. The van der Waals surface area contributed by atoms with Crippen molar-refractivity contribution in [3.05, 3.63) is 29.8 Å². The molecule has 1 aromatic heterocycles. The first-order chi connectivity index (χ1) is 7.75. The van der Waals surface area contributed by atoms with E-state index < -0.39 is 0 Å². The summed E-state index contributed by atoms with van der Waals surface area (Å²) in [5, 5.41) is 8.09. The van der Waals surface area contributed by atoms with E-state index in [-0.39, 0.29) is 0 Å². The third kappa shape index (κ3) is 1.46. The summed E-state index contributed by atoms with van der Waals surface area (Å²) in [4.78, 5) is 0. The van der Waals surface area contributed by atoms with Crippen molar-refractivity contribution in [3.63, 3.8) is 0 Å². The highest BCUT2D eigenvalue weighted by Crippen LogP contribution is 2.38. The molecule has 0 aliphatic heterocycles. The first-order valence-corrected chi connectivity index (χ1v) is 5.53. The number of aryl methyl sites for hydroxylation is 1. The van der Waals surface area contributed by atoms with Gasteiger partial charge in [-0.3, -0.25) is 0 Å². The molecule has 3 rings (SSSR count). The van der Waals surface area contributed by atoms with Crippen molar-refractivity contribution in [3.8, 4) is 11.3 Å². The minimum atomic E-state index is 0.501. The lowest BCUT2D eigenvalue weighted by molar-refractivity contribution is 0.616. The zero-order valence-electron chi connectivity index (χ0n) is 9.22. The van der Waals surface area contributed by atoms with Crippen LogP contribution in [-0.4, -0.2) is 15.0 Å². The van der Waals surface area contributed by atoms with Gasteiger partial charge in [-0.1, -0.05) is 35.0 Å². The molecule has 0 spiro atoms. The Labute approximate surface area is 94.1 Å². The Hall–Kier alpha value is -1.84. The zero-order chi connectivity index (χ0) is 11.1. The summed E-state index contributed by atoms with van der Waals surface area (Å²) in [5.74, 6) is 0.524. The molecule has 0 saturated heterocycles. The second-order valence-corrected chi connectivity index (χ2v) is 4.37. The number of hydrogen-bond acceptors (Lipinski definition) is 3. The van der Waals surface area contributed by atoms with Crippen LogP contribution in [0.25, 0.3) is 11.3 Å². The summed E-state index contributed by atoms with van der Waals surface area (Å²) in [5.41, 5.74) is 9.18. The van der Waals surface area contributed by atoms with Gasteiger partial charge in [0, 0.05) is 5.56 Å². The van der Waals surface area contributed by atoms with Crippen LogP contribution >= 0.6 is 0 Å². The van der Waals surface area contributed by atoms with Gasteiger partial charge in [0.25, 0.3) is 0 Å². The largest absolute Gasteiger partial charge is 0.380 e. The summed E-state index contributed by atoms with van der Waals surface area (Å²) in [6.07, 6.45) is 2.36. The maximum atomic E-state index is 5.88. The van der Waals surface area contributed by atoms with Crippen molar-refractivity contribution in [1.82, 2.24) is 15.0 Å². The van der Waals surface area contributed by atoms with Gasteiger partial charge in [0.1, 0.15) is 5.69 Å². The van der Waals surface area contributed by atoms with Crippen LogP contribution in [0, 0.1) is 6.92 Å². The fraction of sp³-hybridized carbons (Fsp3) is 0.333. The van der Waals surface area contributed by atoms with Crippen LogP contribution in [0.3, 0.4) is 0 Å². The Kier molecular flexibility index (Phi) is 1.96. The molecule has 4 nitrogen and oxygen atoms in total. The molecule has 1 fully saturated rings. The van der Waals surface area contributed by atoms with Crippen molar-refractivity contribution >= 4 is 5.82 Å². The molecule has 1 saturated carbocycles. The number of benzene rings is 1. The third-order valence-corrected chi connectivity index (χ3v) is 2.94. The van der Waals surface area contributed by atoms with Gasteiger partial charge in [0.05, 0.1) is 6.04 Å². The van der Waals surface area contributed by atoms with Gasteiger partial charge in [0.2, 0.25) is 0 Å². The van der Waals surface area contributed by atoms with E-state index in [0.717, 1.165) is 11.3 Å². The smallest absolute Gasteiger partial charge is 0.174 e. The standard InChI is InChI=1S/C12H14N4/c1-8-2-4-9(5-3-8)11-12(13)14-15-16(11)10-6-7-10/h2-5,10H,6-7,13H2,1H3. The predicted octanol–water partition coefficient (Wildman–Crippen LogP) is 2.17. The number of rotatable bonds is 2. The van der Waals surface area contributed by atoms with Crippen LogP contribution in [0.2, 0.25) is 0 Å². The van der Waals surface area contributed by atoms with Crippen LogP contribution in [0.4, 0.5) is 5.82 Å². The number of nitrogens with two attached hydrogens (primary N) is 1. The van der Waals surface area contributed by atoms with E-state index in [1.54, 1.807) is 0 Å². The maximum absolute atomic E-state index is 5.88. The lowest BCUT2D eigenvalue weighted by atomic mass is 10.1. The molecule has 0 unspecified atom stereocenters. The van der Waals surface area contributed by atoms with Crippen molar-refractivity contribution in [1.29, 1.82) is 0 Å². The molecule has 1 aromatic carbocycles. The Bertz CT molecular complexity index is 508. The highest BCUT2D eigenvalue weighted by Gasteiger charge is 2.28. The van der Waals surface area contributed by atoms with Gasteiger partial charge in [-0.15, -0.1) is 5.10 Å². The second-order valence-electron chi connectivity index (χ2n) is 4.37. The summed E-state index contributed by atoms with van der Waals surface area (Å²) >= 11 is 0. The molecule has 1 aliphatic carbocycles. The van der Waals surface area contributed by atoms with Gasteiger partial charge in [-0.2, -0.15) is 0 Å².